The number of aryl methyl sites for hydroxylation is 2. The van der Waals surface area contributed by atoms with Gasteiger partial charge in [0.2, 0.25) is 5.91 Å². The molecule has 1 aliphatic rings. The van der Waals surface area contributed by atoms with Crippen molar-refractivity contribution in [3.8, 4) is 0 Å². The van der Waals surface area contributed by atoms with Gasteiger partial charge in [0, 0.05) is 37.6 Å². The topological polar surface area (TPSA) is 126 Å². The number of nitrogens with one attached hydrogen (secondary N) is 1. The van der Waals surface area contributed by atoms with Gasteiger partial charge in [0.1, 0.15) is 23.5 Å². The summed E-state index contributed by atoms with van der Waals surface area (Å²) in [5.41, 5.74) is 7.15. The number of imide groups is 1. The van der Waals surface area contributed by atoms with Crippen molar-refractivity contribution >= 4 is 29.5 Å². The van der Waals surface area contributed by atoms with E-state index < -0.39 is 47.5 Å². The van der Waals surface area contributed by atoms with E-state index in [1.165, 1.54) is 16.6 Å². The van der Waals surface area contributed by atoms with Gasteiger partial charge >= 0.3 is 6.03 Å². The first-order valence-electron chi connectivity index (χ1n) is 12.1. The molecule has 0 saturated carbocycles. The maximum atomic E-state index is 14.4. The highest BCUT2D eigenvalue weighted by Gasteiger charge is 2.55. The average Bonchev–Trinajstić information content (AvgIpc) is 3.30. The summed E-state index contributed by atoms with van der Waals surface area (Å²) in [6.07, 6.45) is 2.03. The number of likely N-dealkylation sites (tertiary alicyclic amines) is 1. The second-order valence-electron chi connectivity index (χ2n) is 9.33. The zero-order valence-electron chi connectivity index (χ0n) is 21.5. The molecule has 0 aliphatic carbocycles. The van der Waals surface area contributed by atoms with Crippen LogP contribution in [0.3, 0.4) is 0 Å². The molecule has 4 amide bonds. The van der Waals surface area contributed by atoms with Crippen molar-refractivity contribution < 1.29 is 23.2 Å². The van der Waals surface area contributed by atoms with Crippen molar-refractivity contribution in [2.45, 2.75) is 38.8 Å². The number of nitrogens with zero attached hydrogens (tertiary/aromatic N) is 5. The smallest absolute Gasteiger partial charge is 0.325 e. The lowest BCUT2D eigenvalue weighted by Gasteiger charge is -2.45. The van der Waals surface area contributed by atoms with E-state index in [1.807, 2.05) is 0 Å². The Morgan fingerprint density at radius 3 is 2.58 bits per heavy atom. The van der Waals surface area contributed by atoms with Crippen molar-refractivity contribution in [2.75, 3.05) is 17.7 Å². The number of urea groups is 1. The maximum absolute atomic E-state index is 14.4. The van der Waals surface area contributed by atoms with Crippen LogP contribution in [0.2, 0.25) is 0 Å². The summed E-state index contributed by atoms with van der Waals surface area (Å²) in [5.74, 6) is -2.69. The number of benzene rings is 1. The first kappa shape index (κ1) is 26.7. The predicted octanol–water partition coefficient (Wildman–Crippen LogP) is 2.88. The largest absolute Gasteiger partial charge is 0.384 e. The third kappa shape index (κ3) is 5.20. The van der Waals surface area contributed by atoms with Crippen LogP contribution < -0.4 is 16.0 Å². The van der Waals surface area contributed by atoms with Crippen molar-refractivity contribution in [1.82, 2.24) is 25.0 Å². The number of hydrogen-bond acceptors (Lipinski definition) is 6. The molecule has 0 unspecified atom stereocenters. The number of β-lactam (4-membered cyclic amide) rings is 1. The van der Waals surface area contributed by atoms with Crippen molar-refractivity contribution in [3.05, 3.63) is 71.1 Å². The number of pyridine rings is 1. The molecule has 0 bridgehead atoms. The lowest BCUT2D eigenvalue weighted by Crippen LogP contribution is -2.70. The maximum Gasteiger partial charge on any atom is 0.325 e. The molecular weight excluding hydrogens is 496 g/mol. The van der Waals surface area contributed by atoms with Gasteiger partial charge in [-0.15, -0.1) is 0 Å². The van der Waals surface area contributed by atoms with Crippen LogP contribution in [-0.2, 0) is 23.1 Å². The standard InChI is InChI=1S/C26H29F2N7O3/c1-5-20(17-13-16(27)6-7-19(17)28)31-26(38)35-23(25(37)34(4)22-8-9-33(3)32-22)18(24(35)36)11-15-10-14(2)30-21(29)12-15/h6-10,12-13,18,20,23H,5,11H2,1-4H3,(H2,29,30)(H,31,38)/t18-,20-,23+/m1/s1. The molecule has 4 rings (SSSR count). The van der Waals surface area contributed by atoms with Gasteiger partial charge in [-0.05, 0) is 55.7 Å². The number of rotatable bonds is 7. The molecule has 0 radical (unpaired) electrons. The number of amides is 4. The Balaban J connectivity index is 1.63. The molecule has 200 valence electrons. The van der Waals surface area contributed by atoms with Crippen LogP contribution in [0.25, 0.3) is 0 Å². The molecule has 12 heteroatoms. The van der Waals surface area contributed by atoms with E-state index in [1.54, 1.807) is 45.3 Å². The molecule has 1 saturated heterocycles. The number of aromatic nitrogens is 3. The number of carbonyl (C=O) groups is 3. The summed E-state index contributed by atoms with van der Waals surface area (Å²) in [6, 6.07) is 5.01. The first-order valence-corrected chi connectivity index (χ1v) is 12.1. The summed E-state index contributed by atoms with van der Waals surface area (Å²) in [4.78, 5) is 46.4. The Morgan fingerprint density at radius 2 is 1.95 bits per heavy atom. The highest BCUT2D eigenvalue weighted by molar-refractivity contribution is 6.12. The van der Waals surface area contributed by atoms with Crippen molar-refractivity contribution in [1.29, 1.82) is 0 Å². The number of nitrogen functional groups attached to an aromatic ring is 1. The molecule has 2 aromatic heterocycles. The quantitative estimate of drug-likeness (QED) is 0.457. The summed E-state index contributed by atoms with van der Waals surface area (Å²) in [6.45, 7) is 3.44. The third-order valence-corrected chi connectivity index (χ3v) is 6.59. The summed E-state index contributed by atoms with van der Waals surface area (Å²) in [5, 5.41) is 6.82. The second kappa shape index (κ2) is 10.6. The molecule has 3 atom stereocenters. The van der Waals surface area contributed by atoms with Crippen LogP contribution in [0, 0.1) is 24.5 Å². The molecule has 3 N–H and O–H groups in total. The van der Waals surface area contributed by atoms with E-state index in [9.17, 15) is 23.2 Å². The summed E-state index contributed by atoms with van der Waals surface area (Å²) >= 11 is 0. The molecule has 38 heavy (non-hydrogen) atoms. The van der Waals surface area contributed by atoms with Gasteiger partial charge in [-0.2, -0.15) is 5.10 Å². The minimum atomic E-state index is -1.15. The van der Waals surface area contributed by atoms with Crippen LogP contribution in [0.4, 0.5) is 25.2 Å². The second-order valence-corrected chi connectivity index (χ2v) is 9.33. The zero-order valence-corrected chi connectivity index (χ0v) is 21.5. The molecular formula is C26H29F2N7O3. The van der Waals surface area contributed by atoms with Gasteiger partial charge in [-0.1, -0.05) is 6.92 Å². The van der Waals surface area contributed by atoms with Gasteiger partial charge < -0.3 is 11.1 Å². The van der Waals surface area contributed by atoms with Crippen LogP contribution in [0.15, 0.2) is 42.6 Å². The van der Waals surface area contributed by atoms with E-state index in [2.05, 4.69) is 15.4 Å². The third-order valence-electron chi connectivity index (χ3n) is 6.59. The normalized spacial score (nSPS) is 17.6. The lowest BCUT2D eigenvalue weighted by molar-refractivity contribution is -0.156. The number of nitrogens with two attached hydrogens (primary N) is 1. The Bertz CT molecular complexity index is 1370. The molecule has 3 aromatic rings. The monoisotopic (exact) mass is 525 g/mol. The van der Waals surface area contributed by atoms with Crippen LogP contribution in [0.5, 0.6) is 0 Å². The average molecular weight is 526 g/mol. The molecule has 3 heterocycles. The van der Waals surface area contributed by atoms with Crippen LogP contribution >= 0.6 is 0 Å². The Hall–Kier alpha value is -4.35. The first-order chi connectivity index (χ1) is 18.0. The molecule has 0 spiro atoms. The van der Waals surface area contributed by atoms with E-state index in [0.717, 1.165) is 23.1 Å². The van der Waals surface area contributed by atoms with Crippen LogP contribution in [-0.4, -0.2) is 50.6 Å². The van der Waals surface area contributed by atoms with Crippen molar-refractivity contribution in [2.24, 2.45) is 13.0 Å². The fourth-order valence-corrected chi connectivity index (χ4v) is 4.69. The molecule has 10 nitrogen and oxygen atoms in total. The molecule has 1 aliphatic heterocycles. The van der Waals surface area contributed by atoms with Gasteiger partial charge in [0.15, 0.2) is 5.82 Å². The fraction of sp³-hybridized carbons (Fsp3) is 0.346. The van der Waals surface area contributed by atoms with Gasteiger partial charge in [0.25, 0.3) is 5.91 Å². The Morgan fingerprint density at radius 1 is 1.21 bits per heavy atom. The van der Waals surface area contributed by atoms with E-state index in [-0.39, 0.29) is 24.2 Å². The van der Waals surface area contributed by atoms with Crippen molar-refractivity contribution in [3.63, 3.8) is 0 Å². The molecule has 1 fully saturated rings. The van der Waals surface area contributed by atoms with E-state index in [4.69, 9.17) is 5.73 Å². The van der Waals surface area contributed by atoms with Gasteiger partial charge in [-0.3, -0.25) is 24.1 Å². The minimum Gasteiger partial charge on any atom is -0.384 e. The summed E-state index contributed by atoms with van der Waals surface area (Å²) < 4.78 is 29.7. The minimum absolute atomic E-state index is 0.0541. The number of hydrogen-bond donors (Lipinski definition) is 2. The molecule has 1 aromatic carbocycles. The number of likely N-dealkylation sites (N-methyl/N-ethyl adjacent to an activating group) is 1. The van der Waals surface area contributed by atoms with Crippen LogP contribution in [0.1, 0.15) is 36.2 Å². The van der Waals surface area contributed by atoms with E-state index in [0.29, 0.717) is 17.1 Å². The lowest BCUT2D eigenvalue weighted by atomic mass is 9.81. The predicted molar refractivity (Wildman–Crippen MR) is 136 cm³/mol. The summed E-state index contributed by atoms with van der Waals surface area (Å²) in [7, 11) is 3.20. The fourth-order valence-electron chi connectivity index (χ4n) is 4.69. The SMILES string of the molecule is CC[C@@H](NC(=O)N1C(=O)[C@H](Cc2cc(C)nc(N)c2)[C@H]1C(=O)N(C)c1ccn(C)n1)c1cc(F)ccc1F. The number of anilines is 2. The van der Waals surface area contributed by atoms with E-state index >= 15 is 0 Å². The Labute approximate surface area is 218 Å². The van der Waals surface area contributed by atoms with Gasteiger partial charge in [-0.25, -0.2) is 18.6 Å². The highest BCUT2D eigenvalue weighted by Crippen LogP contribution is 2.33. The highest BCUT2D eigenvalue weighted by atomic mass is 19.1. The Kier molecular flexibility index (Phi) is 7.42. The number of carbonyl (C=O) groups excluding carboxylic acids is 3. The van der Waals surface area contributed by atoms with Gasteiger partial charge in [0.05, 0.1) is 12.0 Å². The number of halogens is 2. The zero-order chi connectivity index (χ0) is 27.7.